The maximum Gasteiger partial charge on any atom is 0.219 e. The molecule has 4 aromatic rings. The van der Waals surface area contributed by atoms with E-state index in [1.165, 1.54) is 0 Å². The predicted octanol–water partition coefficient (Wildman–Crippen LogP) is 3.32. The Hall–Kier alpha value is -3.12. The van der Waals surface area contributed by atoms with Crippen molar-refractivity contribution in [1.82, 2.24) is 19.3 Å². The molecule has 126 valence electrons. The highest BCUT2D eigenvalue weighted by atomic mass is 16.5. The summed E-state index contributed by atoms with van der Waals surface area (Å²) in [7, 11) is 1.90. The molecule has 3 heterocycles. The summed E-state index contributed by atoms with van der Waals surface area (Å²) in [5.74, 6) is 1.32. The number of fused-ring (bicyclic) bond motifs is 1. The van der Waals surface area contributed by atoms with Gasteiger partial charge in [0, 0.05) is 43.1 Å². The number of pyridine rings is 1. The Balaban J connectivity index is 1.76. The average molecular weight is 333 g/mol. The number of hydrogen-bond acceptors (Lipinski definition) is 4. The molecule has 0 aliphatic heterocycles. The maximum absolute atomic E-state index is 6.07. The topological polar surface area (TPSA) is 70.9 Å². The summed E-state index contributed by atoms with van der Waals surface area (Å²) in [5.41, 5.74) is 9.70. The van der Waals surface area contributed by atoms with Gasteiger partial charge in [-0.15, -0.1) is 0 Å². The van der Waals surface area contributed by atoms with Crippen LogP contribution in [0.15, 0.2) is 55.0 Å². The van der Waals surface area contributed by atoms with E-state index in [-0.39, 0.29) is 0 Å². The lowest BCUT2D eigenvalue weighted by atomic mass is 10.2. The van der Waals surface area contributed by atoms with Crippen LogP contribution in [0.2, 0.25) is 0 Å². The Morgan fingerprint density at radius 2 is 2.08 bits per heavy atom. The van der Waals surface area contributed by atoms with Crippen molar-refractivity contribution in [3.63, 3.8) is 0 Å². The van der Waals surface area contributed by atoms with Gasteiger partial charge in [-0.2, -0.15) is 5.10 Å². The van der Waals surface area contributed by atoms with Gasteiger partial charge in [-0.1, -0.05) is 6.07 Å². The van der Waals surface area contributed by atoms with Crippen molar-refractivity contribution in [2.45, 2.75) is 13.5 Å². The van der Waals surface area contributed by atoms with E-state index in [0.29, 0.717) is 12.4 Å². The molecule has 0 amide bonds. The lowest BCUT2D eigenvalue weighted by Gasteiger charge is -2.09. The molecular weight excluding hydrogens is 314 g/mol. The lowest BCUT2D eigenvalue weighted by Crippen LogP contribution is -1.99. The van der Waals surface area contributed by atoms with Gasteiger partial charge in [0.1, 0.15) is 5.75 Å². The van der Waals surface area contributed by atoms with Crippen LogP contribution in [0.3, 0.4) is 0 Å². The van der Waals surface area contributed by atoms with E-state index in [1.807, 2.05) is 62.9 Å². The SMILES string of the molecule is Cc1cc(CN)cc(Oc2cccc3c2ccn3-c2cnn(C)c2)n1. The van der Waals surface area contributed by atoms with E-state index in [2.05, 4.69) is 20.7 Å². The minimum atomic E-state index is 0.460. The molecule has 3 aromatic heterocycles. The fourth-order valence-electron chi connectivity index (χ4n) is 2.98. The fourth-order valence-corrected chi connectivity index (χ4v) is 2.98. The predicted molar refractivity (Wildman–Crippen MR) is 97.0 cm³/mol. The van der Waals surface area contributed by atoms with Crippen LogP contribution in [-0.2, 0) is 13.6 Å². The first-order valence-corrected chi connectivity index (χ1v) is 8.08. The van der Waals surface area contributed by atoms with Gasteiger partial charge in [-0.05, 0) is 36.8 Å². The summed E-state index contributed by atoms with van der Waals surface area (Å²) >= 11 is 0. The smallest absolute Gasteiger partial charge is 0.219 e. The molecule has 0 aliphatic rings. The summed E-state index contributed by atoms with van der Waals surface area (Å²) in [6.45, 7) is 2.40. The van der Waals surface area contributed by atoms with Crippen molar-refractivity contribution in [3.8, 4) is 17.3 Å². The summed E-state index contributed by atoms with van der Waals surface area (Å²) in [5, 5.41) is 5.26. The molecule has 0 fully saturated rings. The highest BCUT2D eigenvalue weighted by Gasteiger charge is 2.11. The number of rotatable bonds is 4. The zero-order valence-electron chi connectivity index (χ0n) is 14.2. The Bertz CT molecular complexity index is 1050. The van der Waals surface area contributed by atoms with E-state index in [1.54, 1.807) is 4.68 Å². The number of aromatic nitrogens is 4. The van der Waals surface area contributed by atoms with Crippen LogP contribution in [-0.4, -0.2) is 19.3 Å². The van der Waals surface area contributed by atoms with E-state index in [4.69, 9.17) is 10.5 Å². The molecule has 0 unspecified atom stereocenters. The number of aryl methyl sites for hydroxylation is 2. The zero-order chi connectivity index (χ0) is 17.4. The van der Waals surface area contributed by atoms with Gasteiger partial charge >= 0.3 is 0 Å². The van der Waals surface area contributed by atoms with Crippen molar-refractivity contribution in [2.24, 2.45) is 12.8 Å². The number of hydrogen-bond donors (Lipinski definition) is 1. The van der Waals surface area contributed by atoms with Crippen molar-refractivity contribution in [1.29, 1.82) is 0 Å². The molecule has 4 rings (SSSR count). The highest BCUT2D eigenvalue weighted by Crippen LogP contribution is 2.31. The van der Waals surface area contributed by atoms with Gasteiger partial charge in [-0.25, -0.2) is 4.98 Å². The first kappa shape index (κ1) is 15.4. The number of nitrogens with zero attached hydrogens (tertiary/aromatic N) is 4. The van der Waals surface area contributed by atoms with Crippen LogP contribution in [0, 0.1) is 6.92 Å². The van der Waals surface area contributed by atoms with Crippen molar-refractivity contribution < 1.29 is 4.74 Å². The molecule has 1 aromatic carbocycles. The van der Waals surface area contributed by atoms with Crippen LogP contribution in [0.1, 0.15) is 11.3 Å². The van der Waals surface area contributed by atoms with Crippen LogP contribution in [0.5, 0.6) is 11.6 Å². The lowest BCUT2D eigenvalue weighted by molar-refractivity contribution is 0.466. The molecule has 0 saturated carbocycles. The summed E-state index contributed by atoms with van der Waals surface area (Å²) in [6.07, 6.45) is 5.83. The molecule has 0 atom stereocenters. The van der Waals surface area contributed by atoms with E-state index in [0.717, 1.165) is 33.6 Å². The third-order valence-corrected chi connectivity index (χ3v) is 4.10. The Morgan fingerprint density at radius 3 is 2.84 bits per heavy atom. The largest absolute Gasteiger partial charge is 0.438 e. The minimum absolute atomic E-state index is 0.460. The summed E-state index contributed by atoms with van der Waals surface area (Å²) in [4.78, 5) is 4.45. The molecule has 0 aliphatic carbocycles. The van der Waals surface area contributed by atoms with Gasteiger partial charge < -0.3 is 15.0 Å². The third-order valence-electron chi connectivity index (χ3n) is 4.10. The fraction of sp³-hybridized carbons (Fsp3) is 0.158. The summed E-state index contributed by atoms with van der Waals surface area (Å²) in [6, 6.07) is 11.9. The number of nitrogens with two attached hydrogens (primary N) is 1. The molecular formula is C19H19N5O. The van der Waals surface area contributed by atoms with Crippen molar-refractivity contribution in [2.75, 3.05) is 0 Å². The zero-order valence-corrected chi connectivity index (χ0v) is 14.2. The standard InChI is InChI=1S/C19H19N5O/c1-13-8-14(10-20)9-19(22-13)25-18-5-3-4-17-16(18)6-7-24(17)15-11-21-23(2)12-15/h3-9,11-12H,10,20H2,1-2H3. The molecule has 0 saturated heterocycles. The van der Waals surface area contributed by atoms with Crippen LogP contribution in [0.4, 0.5) is 0 Å². The molecule has 0 spiro atoms. The highest BCUT2D eigenvalue weighted by molar-refractivity contribution is 5.88. The molecule has 0 bridgehead atoms. The van der Waals surface area contributed by atoms with E-state index < -0.39 is 0 Å². The quantitative estimate of drug-likeness (QED) is 0.622. The van der Waals surface area contributed by atoms with Crippen LogP contribution in [0.25, 0.3) is 16.6 Å². The molecule has 0 radical (unpaired) electrons. The summed E-state index contributed by atoms with van der Waals surface area (Å²) < 4.78 is 9.94. The van der Waals surface area contributed by atoms with E-state index >= 15 is 0 Å². The van der Waals surface area contributed by atoms with Gasteiger partial charge in [0.15, 0.2) is 0 Å². The normalized spacial score (nSPS) is 11.2. The molecule has 6 nitrogen and oxygen atoms in total. The van der Waals surface area contributed by atoms with Crippen molar-refractivity contribution >= 4 is 10.9 Å². The third kappa shape index (κ3) is 2.88. The molecule has 2 N–H and O–H groups in total. The maximum atomic E-state index is 6.07. The molecule has 25 heavy (non-hydrogen) atoms. The number of benzene rings is 1. The monoisotopic (exact) mass is 333 g/mol. The van der Waals surface area contributed by atoms with Gasteiger partial charge in [0.25, 0.3) is 0 Å². The second kappa shape index (κ2) is 6.07. The second-order valence-corrected chi connectivity index (χ2v) is 6.01. The van der Waals surface area contributed by atoms with Crippen LogP contribution >= 0.6 is 0 Å². The van der Waals surface area contributed by atoms with Crippen LogP contribution < -0.4 is 10.5 Å². The van der Waals surface area contributed by atoms with Gasteiger partial charge in [-0.3, -0.25) is 4.68 Å². The first-order chi connectivity index (χ1) is 12.1. The number of ether oxygens (including phenoxy) is 1. The average Bonchev–Trinajstić information content (AvgIpc) is 3.21. The Kier molecular flexibility index (Phi) is 3.74. The second-order valence-electron chi connectivity index (χ2n) is 6.01. The van der Waals surface area contributed by atoms with Gasteiger partial charge in [0.05, 0.1) is 17.4 Å². The minimum Gasteiger partial charge on any atom is -0.438 e. The Morgan fingerprint density at radius 1 is 1.20 bits per heavy atom. The van der Waals surface area contributed by atoms with Crippen molar-refractivity contribution in [3.05, 3.63) is 66.2 Å². The molecule has 6 heteroatoms. The van der Waals surface area contributed by atoms with Gasteiger partial charge in [0.2, 0.25) is 5.88 Å². The first-order valence-electron chi connectivity index (χ1n) is 8.08. The Labute approximate surface area is 145 Å². The van der Waals surface area contributed by atoms with E-state index in [9.17, 15) is 0 Å².